The predicted molar refractivity (Wildman–Crippen MR) is 101 cm³/mol. The zero-order valence-corrected chi connectivity index (χ0v) is 14.4. The fourth-order valence-electron chi connectivity index (χ4n) is 2.94. The van der Waals surface area contributed by atoms with Crippen LogP contribution in [0.15, 0.2) is 71.8 Å². The SMILES string of the molecule is Cn1cc(-c2ccc3cnn(Cc4ccccc4)c3c2)c(Cl)cc1=O. The van der Waals surface area contributed by atoms with E-state index in [0.29, 0.717) is 11.6 Å². The van der Waals surface area contributed by atoms with E-state index < -0.39 is 0 Å². The molecule has 0 bridgehead atoms. The lowest BCUT2D eigenvalue weighted by molar-refractivity contribution is 0.712. The molecule has 0 saturated carbocycles. The van der Waals surface area contributed by atoms with Crippen LogP contribution in [0.2, 0.25) is 5.02 Å². The molecule has 2 aromatic carbocycles. The third-order valence-corrected chi connectivity index (χ3v) is 4.62. The van der Waals surface area contributed by atoms with Crippen molar-refractivity contribution in [2.75, 3.05) is 0 Å². The lowest BCUT2D eigenvalue weighted by Crippen LogP contribution is -2.14. The lowest BCUT2D eigenvalue weighted by Gasteiger charge is -2.09. The van der Waals surface area contributed by atoms with Crippen LogP contribution in [0.3, 0.4) is 0 Å². The number of benzene rings is 2. The van der Waals surface area contributed by atoms with Crippen molar-refractivity contribution >= 4 is 22.5 Å². The normalized spacial score (nSPS) is 11.1. The highest BCUT2D eigenvalue weighted by Gasteiger charge is 2.10. The lowest BCUT2D eigenvalue weighted by atomic mass is 10.1. The van der Waals surface area contributed by atoms with E-state index >= 15 is 0 Å². The third kappa shape index (κ3) is 2.96. The molecule has 0 N–H and O–H groups in total. The number of pyridine rings is 1. The van der Waals surface area contributed by atoms with Gasteiger partial charge in [0.15, 0.2) is 0 Å². The second-order valence-electron chi connectivity index (χ2n) is 6.05. The van der Waals surface area contributed by atoms with E-state index in [0.717, 1.165) is 22.0 Å². The molecular formula is C20H16ClN3O. The van der Waals surface area contributed by atoms with E-state index in [1.807, 2.05) is 41.2 Å². The van der Waals surface area contributed by atoms with Crippen molar-refractivity contribution in [3.63, 3.8) is 0 Å². The number of aromatic nitrogens is 3. The number of hydrogen-bond donors (Lipinski definition) is 0. The summed E-state index contributed by atoms with van der Waals surface area (Å²) in [7, 11) is 1.72. The molecule has 2 heterocycles. The van der Waals surface area contributed by atoms with Crippen LogP contribution in [0, 0.1) is 0 Å². The second kappa shape index (κ2) is 6.22. The average Bonchev–Trinajstić information content (AvgIpc) is 3.01. The van der Waals surface area contributed by atoms with Crippen LogP contribution >= 0.6 is 11.6 Å². The Hall–Kier alpha value is -2.85. The molecule has 0 aliphatic rings. The molecule has 0 fully saturated rings. The Bertz CT molecular complexity index is 1110. The standard InChI is InChI=1S/C20H16ClN3O/c1-23-13-17(18(21)10-20(23)25)15-7-8-16-11-22-24(19(16)9-15)12-14-5-3-2-4-6-14/h2-11,13H,12H2,1H3. The third-order valence-electron chi connectivity index (χ3n) is 4.31. The molecule has 0 saturated heterocycles. The minimum absolute atomic E-state index is 0.121. The van der Waals surface area contributed by atoms with Crippen molar-refractivity contribution in [3.05, 3.63) is 87.9 Å². The van der Waals surface area contributed by atoms with E-state index in [4.69, 9.17) is 11.6 Å². The van der Waals surface area contributed by atoms with Crippen molar-refractivity contribution < 1.29 is 0 Å². The summed E-state index contributed by atoms with van der Waals surface area (Å²) in [5, 5.41) is 6.03. The van der Waals surface area contributed by atoms with Gasteiger partial charge in [0, 0.05) is 30.3 Å². The van der Waals surface area contributed by atoms with Gasteiger partial charge in [0.1, 0.15) is 0 Å². The first kappa shape index (κ1) is 15.7. The van der Waals surface area contributed by atoms with Crippen molar-refractivity contribution in [2.24, 2.45) is 7.05 Å². The molecule has 4 aromatic rings. The fraction of sp³-hybridized carbons (Fsp3) is 0.100. The van der Waals surface area contributed by atoms with Crippen LogP contribution in [0.25, 0.3) is 22.0 Å². The number of fused-ring (bicyclic) bond motifs is 1. The molecule has 0 aliphatic carbocycles. The molecule has 0 aliphatic heterocycles. The minimum Gasteiger partial charge on any atom is -0.318 e. The summed E-state index contributed by atoms with van der Waals surface area (Å²) in [6, 6.07) is 17.8. The zero-order chi connectivity index (χ0) is 17.4. The number of nitrogens with zero attached hydrogens (tertiary/aromatic N) is 3. The van der Waals surface area contributed by atoms with Gasteiger partial charge in [0.2, 0.25) is 0 Å². The summed E-state index contributed by atoms with van der Waals surface area (Å²) >= 11 is 6.29. The van der Waals surface area contributed by atoms with Crippen LogP contribution < -0.4 is 5.56 Å². The highest BCUT2D eigenvalue weighted by atomic mass is 35.5. The van der Waals surface area contributed by atoms with Gasteiger partial charge in [-0.05, 0) is 17.2 Å². The van der Waals surface area contributed by atoms with E-state index in [9.17, 15) is 4.79 Å². The van der Waals surface area contributed by atoms with Gasteiger partial charge in [-0.1, -0.05) is 54.1 Å². The topological polar surface area (TPSA) is 39.8 Å². The Balaban J connectivity index is 1.81. The maximum absolute atomic E-state index is 11.7. The Morgan fingerprint density at radius 2 is 1.88 bits per heavy atom. The summed E-state index contributed by atoms with van der Waals surface area (Å²) < 4.78 is 3.51. The molecule has 5 heteroatoms. The van der Waals surface area contributed by atoms with Gasteiger partial charge < -0.3 is 4.57 Å². The quantitative estimate of drug-likeness (QED) is 0.558. The van der Waals surface area contributed by atoms with Gasteiger partial charge in [0.05, 0.1) is 23.3 Å². The smallest absolute Gasteiger partial charge is 0.251 e. The van der Waals surface area contributed by atoms with Crippen LogP contribution in [0.4, 0.5) is 0 Å². The van der Waals surface area contributed by atoms with Gasteiger partial charge in [0.25, 0.3) is 5.56 Å². The number of halogens is 1. The number of aryl methyl sites for hydroxylation is 1. The second-order valence-corrected chi connectivity index (χ2v) is 6.45. The highest BCUT2D eigenvalue weighted by Crippen LogP contribution is 2.29. The van der Waals surface area contributed by atoms with Crippen molar-refractivity contribution in [2.45, 2.75) is 6.54 Å². The summed E-state index contributed by atoms with van der Waals surface area (Å²) in [5.41, 5.74) is 3.90. The van der Waals surface area contributed by atoms with E-state index in [1.165, 1.54) is 16.2 Å². The minimum atomic E-state index is -0.121. The Morgan fingerprint density at radius 3 is 2.68 bits per heavy atom. The van der Waals surface area contributed by atoms with E-state index in [2.05, 4.69) is 23.3 Å². The number of hydrogen-bond acceptors (Lipinski definition) is 2. The van der Waals surface area contributed by atoms with E-state index in [1.54, 1.807) is 13.2 Å². The Kier molecular flexibility index (Phi) is 3.90. The molecule has 0 amide bonds. The number of rotatable bonds is 3. The molecule has 4 nitrogen and oxygen atoms in total. The molecule has 0 atom stereocenters. The molecule has 124 valence electrons. The molecule has 25 heavy (non-hydrogen) atoms. The van der Waals surface area contributed by atoms with Gasteiger partial charge in [-0.15, -0.1) is 0 Å². The first-order chi connectivity index (χ1) is 12.1. The fourth-order valence-corrected chi connectivity index (χ4v) is 3.19. The van der Waals surface area contributed by atoms with Gasteiger partial charge in [-0.3, -0.25) is 9.48 Å². The zero-order valence-electron chi connectivity index (χ0n) is 13.7. The highest BCUT2D eigenvalue weighted by molar-refractivity contribution is 6.33. The van der Waals surface area contributed by atoms with Crippen LogP contribution in [0.5, 0.6) is 0 Å². The van der Waals surface area contributed by atoms with Crippen LogP contribution in [-0.2, 0) is 13.6 Å². The van der Waals surface area contributed by atoms with Gasteiger partial charge >= 0.3 is 0 Å². The van der Waals surface area contributed by atoms with Crippen LogP contribution in [-0.4, -0.2) is 14.3 Å². The van der Waals surface area contributed by atoms with Gasteiger partial charge in [-0.25, -0.2) is 0 Å². The molecule has 4 rings (SSSR count). The van der Waals surface area contributed by atoms with Crippen LogP contribution in [0.1, 0.15) is 5.56 Å². The summed E-state index contributed by atoms with van der Waals surface area (Å²) in [6.07, 6.45) is 3.63. The largest absolute Gasteiger partial charge is 0.318 e. The molecule has 0 unspecified atom stereocenters. The monoisotopic (exact) mass is 349 g/mol. The first-order valence-electron chi connectivity index (χ1n) is 7.98. The molecule has 0 radical (unpaired) electrons. The Labute approximate surface area is 149 Å². The maximum atomic E-state index is 11.7. The van der Waals surface area contributed by atoms with Gasteiger partial charge in [-0.2, -0.15) is 5.10 Å². The summed E-state index contributed by atoms with van der Waals surface area (Å²) in [6.45, 7) is 0.703. The van der Waals surface area contributed by atoms with Crippen molar-refractivity contribution in [1.29, 1.82) is 0 Å². The predicted octanol–water partition coefficient (Wildman–Crippen LogP) is 4.10. The maximum Gasteiger partial charge on any atom is 0.251 e. The summed E-state index contributed by atoms with van der Waals surface area (Å²) in [5.74, 6) is 0. The first-order valence-corrected chi connectivity index (χ1v) is 8.36. The summed E-state index contributed by atoms with van der Waals surface area (Å²) in [4.78, 5) is 11.7. The van der Waals surface area contributed by atoms with Crippen molar-refractivity contribution in [1.82, 2.24) is 14.3 Å². The molecular weight excluding hydrogens is 334 g/mol. The molecule has 2 aromatic heterocycles. The Morgan fingerprint density at radius 1 is 1.08 bits per heavy atom. The molecule has 0 spiro atoms. The average molecular weight is 350 g/mol. The van der Waals surface area contributed by atoms with E-state index in [-0.39, 0.29) is 5.56 Å². The van der Waals surface area contributed by atoms with Crippen molar-refractivity contribution in [3.8, 4) is 11.1 Å².